The first-order valence-electron chi connectivity index (χ1n) is 4.48. The average Bonchev–Trinajstić information content (AvgIpc) is 1.94. The summed E-state index contributed by atoms with van der Waals surface area (Å²) in [5.41, 5.74) is 1.41. The second kappa shape index (κ2) is 3.74. The number of carboxylic acid groups (broad SMARTS) is 1. The molecule has 0 amide bonds. The molecule has 0 bridgehead atoms. The van der Waals surface area contributed by atoms with Gasteiger partial charge >= 0.3 is 5.97 Å². The van der Waals surface area contributed by atoms with Gasteiger partial charge in [-0.1, -0.05) is 18.6 Å². The van der Waals surface area contributed by atoms with Crippen LogP contribution in [0.2, 0.25) is 0 Å². The topological polar surface area (TPSA) is 37.3 Å². The van der Waals surface area contributed by atoms with Crippen molar-refractivity contribution < 1.29 is 9.90 Å². The highest BCUT2D eigenvalue weighted by Crippen LogP contribution is 2.30. The molecular formula is C10H16O2. The predicted octanol–water partition coefficient (Wildman–Crippen LogP) is 2.45. The lowest BCUT2D eigenvalue weighted by Crippen LogP contribution is -2.18. The molecule has 1 N–H and O–H groups in total. The summed E-state index contributed by atoms with van der Waals surface area (Å²) >= 11 is 0. The summed E-state index contributed by atoms with van der Waals surface area (Å²) in [7, 11) is 0. The molecule has 2 atom stereocenters. The highest BCUT2D eigenvalue weighted by Gasteiger charge is 2.21. The van der Waals surface area contributed by atoms with Crippen molar-refractivity contribution in [3.8, 4) is 0 Å². The van der Waals surface area contributed by atoms with Crippen LogP contribution in [-0.4, -0.2) is 11.1 Å². The van der Waals surface area contributed by atoms with Crippen LogP contribution in [0.5, 0.6) is 0 Å². The summed E-state index contributed by atoms with van der Waals surface area (Å²) in [5, 5.41) is 8.63. The molecule has 1 aliphatic carbocycles. The molecule has 0 heterocycles. The van der Waals surface area contributed by atoms with E-state index in [1.807, 2.05) is 0 Å². The molecule has 0 aromatic rings. The SMILES string of the molecule is CC1=C[C@H](C)[C@H](CC(=O)O)CC1. The van der Waals surface area contributed by atoms with Crippen LogP contribution in [0.1, 0.15) is 33.1 Å². The highest BCUT2D eigenvalue weighted by molar-refractivity contribution is 5.67. The van der Waals surface area contributed by atoms with E-state index in [1.54, 1.807) is 0 Å². The van der Waals surface area contributed by atoms with E-state index < -0.39 is 5.97 Å². The fraction of sp³-hybridized carbons (Fsp3) is 0.700. The van der Waals surface area contributed by atoms with E-state index in [-0.39, 0.29) is 0 Å². The monoisotopic (exact) mass is 168 g/mol. The average molecular weight is 168 g/mol. The second-order valence-corrected chi connectivity index (χ2v) is 3.77. The lowest BCUT2D eigenvalue weighted by atomic mass is 9.80. The van der Waals surface area contributed by atoms with E-state index in [4.69, 9.17) is 5.11 Å². The Morgan fingerprint density at radius 2 is 2.42 bits per heavy atom. The fourth-order valence-electron chi connectivity index (χ4n) is 1.86. The van der Waals surface area contributed by atoms with Gasteiger partial charge in [-0.25, -0.2) is 0 Å². The maximum absolute atomic E-state index is 10.5. The first-order valence-corrected chi connectivity index (χ1v) is 4.48. The first-order chi connectivity index (χ1) is 5.59. The highest BCUT2D eigenvalue weighted by atomic mass is 16.4. The number of allylic oxidation sites excluding steroid dienone is 2. The van der Waals surface area contributed by atoms with Crippen LogP contribution in [0, 0.1) is 11.8 Å². The van der Waals surface area contributed by atoms with Crippen molar-refractivity contribution in [1.29, 1.82) is 0 Å². The van der Waals surface area contributed by atoms with Crippen LogP contribution in [0.4, 0.5) is 0 Å². The standard InChI is InChI=1S/C10H16O2/c1-7-3-4-9(6-10(11)12)8(2)5-7/h5,8-9H,3-4,6H2,1-2H3,(H,11,12)/t8-,9-/m0/s1. The molecule has 0 saturated carbocycles. The number of hydrogen-bond acceptors (Lipinski definition) is 1. The molecule has 1 aliphatic rings. The zero-order valence-electron chi connectivity index (χ0n) is 7.71. The van der Waals surface area contributed by atoms with Crippen molar-refractivity contribution in [2.75, 3.05) is 0 Å². The summed E-state index contributed by atoms with van der Waals surface area (Å²) < 4.78 is 0. The second-order valence-electron chi connectivity index (χ2n) is 3.77. The van der Waals surface area contributed by atoms with Crippen LogP contribution >= 0.6 is 0 Å². The van der Waals surface area contributed by atoms with Crippen molar-refractivity contribution in [3.05, 3.63) is 11.6 Å². The third-order valence-corrected chi connectivity index (χ3v) is 2.64. The van der Waals surface area contributed by atoms with Gasteiger partial charge in [0.1, 0.15) is 0 Å². The molecule has 0 radical (unpaired) electrons. The maximum Gasteiger partial charge on any atom is 0.303 e. The number of hydrogen-bond donors (Lipinski definition) is 1. The molecule has 0 unspecified atom stereocenters. The maximum atomic E-state index is 10.5. The van der Waals surface area contributed by atoms with Gasteiger partial charge in [-0.3, -0.25) is 4.79 Å². The Hall–Kier alpha value is -0.790. The number of carboxylic acids is 1. The van der Waals surface area contributed by atoms with Crippen molar-refractivity contribution in [2.24, 2.45) is 11.8 Å². The molecular weight excluding hydrogens is 152 g/mol. The summed E-state index contributed by atoms with van der Waals surface area (Å²) in [5.74, 6) is 0.126. The van der Waals surface area contributed by atoms with Gasteiger partial charge in [-0.2, -0.15) is 0 Å². The molecule has 1 rings (SSSR count). The van der Waals surface area contributed by atoms with Gasteiger partial charge in [0, 0.05) is 6.42 Å². The smallest absolute Gasteiger partial charge is 0.303 e. The molecule has 0 spiro atoms. The molecule has 0 saturated heterocycles. The van der Waals surface area contributed by atoms with Crippen molar-refractivity contribution in [1.82, 2.24) is 0 Å². The molecule has 12 heavy (non-hydrogen) atoms. The van der Waals surface area contributed by atoms with Crippen LogP contribution < -0.4 is 0 Å². The minimum absolute atomic E-state index is 0.324. The molecule has 0 aromatic carbocycles. The van der Waals surface area contributed by atoms with Gasteiger partial charge in [0.05, 0.1) is 0 Å². The van der Waals surface area contributed by atoms with Gasteiger partial charge in [-0.05, 0) is 31.6 Å². The quantitative estimate of drug-likeness (QED) is 0.643. The lowest BCUT2D eigenvalue weighted by Gasteiger charge is -2.25. The molecule has 0 aliphatic heterocycles. The van der Waals surface area contributed by atoms with Gasteiger partial charge in [0.2, 0.25) is 0 Å². The van der Waals surface area contributed by atoms with E-state index in [9.17, 15) is 4.79 Å². The molecule has 0 aromatic heterocycles. The summed E-state index contributed by atoms with van der Waals surface area (Å²) in [4.78, 5) is 10.5. The molecule has 0 fully saturated rings. The Kier molecular flexibility index (Phi) is 2.90. The van der Waals surface area contributed by atoms with Crippen molar-refractivity contribution in [3.63, 3.8) is 0 Å². The molecule has 2 nitrogen and oxygen atoms in total. The van der Waals surface area contributed by atoms with Crippen LogP contribution in [0.25, 0.3) is 0 Å². The minimum Gasteiger partial charge on any atom is -0.481 e. The largest absolute Gasteiger partial charge is 0.481 e. The first kappa shape index (κ1) is 9.30. The van der Waals surface area contributed by atoms with Crippen molar-refractivity contribution in [2.45, 2.75) is 33.1 Å². The van der Waals surface area contributed by atoms with E-state index in [2.05, 4.69) is 19.9 Å². The molecule has 2 heteroatoms. The summed E-state index contributed by atoms with van der Waals surface area (Å²) in [6.45, 7) is 4.23. The number of aliphatic carboxylic acids is 1. The fourth-order valence-corrected chi connectivity index (χ4v) is 1.86. The Morgan fingerprint density at radius 3 is 2.92 bits per heavy atom. The Balaban J connectivity index is 2.53. The Morgan fingerprint density at radius 1 is 1.75 bits per heavy atom. The lowest BCUT2D eigenvalue weighted by molar-refractivity contribution is -0.138. The summed E-state index contributed by atoms with van der Waals surface area (Å²) in [6.07, 6.45) is 4.64. The predicted molar refractivity (Wildman–Crippen MR) is 47.9 cm³/mol. The summed E-state index contributed by atoms with van der Waals surface area (Å²) in [6, 6.07) is 0. The van der Waals surface area contributed by atoms with Crippen LogP contribution in [-0.2, 0) is 4.79 Å². The van der Waals surface area contributed by atoms with E-state index in [0.717, 1.165) is 12.8 Å². The van der Waals surface area contributed by atoms with Gasteiger partial charge in [0.25, 0.3) is 0 Å². The zero-order chi connectivity index (χ0) is 9.14. The van der Waals surface area contributed by atoms with Gasteiger partial charge in [0.15, 0.2) is 0 Å². The van der Waals surface area contributed by atoms with Gasteiger partial charge < -0.3 is 5.11 Å². The van der Waals surface area contributed by atoms with Crippen LogP contribution in [0.3, 0.4) is 0 Å². The van der Waals surface area contributed by atoms with Gasteiger partial charge in [-0.15, -0.1) is 0 Å². The zero-order valence-corrected chi connectivity index (χ0v) is 7.71. The Bertz CT molecular complexity index is 206. The number of carbonyl (C=O) groups is 1. The van der Waals surface area contributed by atoms with Crippen molar-refractivity contribution >= 4 is 5.97 Å². The third kappa shape index (κ3) is 2.36. The minimum atomic E-state index is -0.667. The normalized spacial score (nSPS) is 29.7. The third-order valence-electron chi connectivity index (χ3n) is 2.64. The van der Waals surface area contributed by atoms with E-state index in [1.165, 1.54) is 5.57 Å². The van der Waals surface area contributed by atoms with Crippen LogP contribution in [0.15, 0.2) is 11.6 Å². The number of rotatable bonds is 2. The van der Waals surface area contributed by atoms with E-state index >= 15 is 0 Å². The Labute approximate surface area is 73.3 Å². The molecule has 68 valence electrons. The van der Waals surface area contributed by atoms with E-state index in [0.29, 0.717) is 18.3 Å².